The van der Waals surface area contributed by atoms with Crippen molar-refractivity contribution < 1.29 is 17.9 Å². The molecule has 9 heteroatoms. The molecule has 1 aliphatic rings. The van der Waals surface area contributed by atoms with Gasteiger partial charge < -0.3 is 15.0 Å². The maximum absolute atomic E-state index is 12.5. The third-order valence-corrected chi connectivity index (χ3v) is 7.71. The molecule has 0 bridgehead atoms. The highest BCUT2D eigenvalue weighted by atomic mass is 32.2. The van der Waals surface area contributed by atoms with Crippen molar-refractivity contribution in [1.82, 2.24) is 10.2 Å². The quantitative estimate of drug-likeness (QED) is 0.285. The number of aryl methyl sites for hydroxylation is 1. The van der Waals surface area contributed by atoms with Crippen LogP contribution < -0.4 is 10.0 Å². The number of alkyl carbamates (subject to hydrolysis) is 1. The second kappa shape index (κ2) is 14.6. The maximum Gasteiger partial charge on any atom is 0.408 e. The number of hydrogen-bond acceptors (Lipinski definition) is 6. The fourth-order valence-corrected chi connectivity index (χ4v) is 5.55. The lowest BCUT2D eigenvalue weighted by Gasteiger charge is -2.33. The number of nitrogens with zero attached hydrogens (tertiary/aromatic N) is 2. The van der Waals surface area contributed by atoms with Crippen molar-refractivity contribution in [2.45, 2.75) is 71.4 Å². The van der Waals surface area contributed by atoms with Crippen molar-refractivity contribution >= 4 is 27.5 Å². The highest BCUT2D eigenvalue weighted by molar-refractivity contribution is 7.92. The number of carbonyl (C=O) groups excluding carboxylic acids is 1. The van der Waals surface area contributed by atoms with Crippen molar-refractivity contribution in [2.24, 2.45) is 10.9 Å². The molecule has 2 aromatic carbocycles. The van der Waals surface area contributed by atoms with E-state index >= 15 is 0 Å². The SMILES string of the molecule is C=C(CCc1ccc(NS(C)(=O)=O)cc1)N=C(C)C1CCN(CCC(NC(=O)OC(C)(C)C)c2ccccc2)CC1. The first-order valence-electron chi connectivity index (χ1n) is 14.3. The van der Waals surface area contributed by atoms with E-state index in [0.717, 1.165) is 80.5 Å². The predicted molar refractivity (Wildman–Crippen MR) is 168 cm³/mol. The Hall–Kier alpha value is -3.17. The Morgan fingerprint density at radius 1 is 1.10 bits per heavy atom. The first kappa shape index (κ1) is 32.3. The Morgan fingerprint density at radius 2 is 1.73 bits per heavy atom. The summed E-state index contributed by atoms with van der Waals surface area (Å²) in [6, 6.07) is 17.4. The van der Waals surface area contributed by atoms with Crippen LogP contribution in [0.25, 0.3) is 0 Å². The van der Waals surface area contributed by atoms with Crippen LogP contribution in [0.4, 0.5) is 10.5 Å². The first-order valence-corrected chi connectivity index (χ1v) is 16.2. The molecule has 1 unspecified atom stereocenters. The molecule has 8 nitrogen and oxygen atoms in total. The van der Waals surface area contributed by atoms with E-state index in [1.165, 1.54) is 0 Å². The van der Waals surface area contributed by atoms with Gasteiger partial charge in [-0.25, -0.2) is 13.2 Å². The Labute approximate surface area is 246 Å². The molecule has 1 fully saturated rings. The zero-order chi connectivity index (χ0) is 30.0. The lowest BCUT2D eigenvalue weighted by molar-refractivity contribution is 0.0496. The second-order valence-electron chi connectivity index (χ2n) is 11.9. The minimum Gasteiger partial charge on any atom is -0.444 e. The van der Waals surface area contributed by atoms with Gasteiger partial charge in [0.25, 0.3) is 0 Å². The average molecular weight is 583 g/mol. The number of anilines is 1. The number of aliphatic imine (C=N–C) groups is 1. The molecule has 224 valence electrons. The van der Waals surface area contributed by atoms with Gasteiger partial charge in [-0.15, -0.1) is 0 Å². The third-order valence-electron chi connectivity index (χ3n) is 7.10. The smallest absolute Gasteiger partial charge is 0.408 e. The lowest BCUT2D eigenvalue weighted by atomic mass is 9.92. The van der Waals surface area contributed by atoms with E-state index < -0.39 is 21.7 Å². The lowest BCUT2D eigenvalue weighted by Crippen LogP contribution is -2.39. The standard InChI is InChI=1S/C32H46N4O4S/c1-24(12-13-26-14-16-29(17-15-26)35-41(6,38)39)33-25(2)27-18-21-36(22-19-27)23-20-30(28-10-8-7-9-11-28)34-31(37)40-32(3,4)5/h7-11,14-17,27,30,35H,1,12-13,18-23H2,2-6H3,(H,34,37). The van der Waals surface area contributed by atoms with Gasteiger partial charge in [-0.1, -0.05) is 49.0 Å². The van der Waals surface area contributed by atoms with E-state index in [1.54, 1.807) is 12.1 Å². The summed E-state index contributed by atoms with van der Waals surface area (Å²) in [5.41, 5.74) is 4.21. The molecule has 0 radical (unpaired) electrons. The Morgan fingerprint density at radius 3 is 2.32 bits per heavy atom. The highest BCUT2D eigenvalue weighted by Gasteiger charge is 2.24. The number of sulfonamides is 1. The van der Waals surface area contributed by atoms with Gasteiger partial charge in [0.1, 0.15) is 5.60 Å². The van der Waals surface area contributed by atoms with Gasteiger partial charge >= 0.3 is 6.09 Å². The Kier molecular flexibility index (Phi) is 11.5. The number of carbonyl (C=O) groups is 1. The van der Waals surface area contributed by atoms with Crippen LogP contribution in [0, 0.1) is 5.92 Å². The van der Waals surface area contributed by atoms with E-state index in [4.69, 9.17) is 9.73 Å². The molecule has 2 N–H and O–H groups in total. The summed E-state index contributed by atoms with van der Waals surface area (Å²) in [6.07, 6.45) is 5.21. The summed E-state index contributed by atoms with van der Waals surface area (Å²) < 4.78 is 30.8. The van der Waals surface area contributed by atoms with Crippen LogP contribution >= 0.6 is 0 Å². The second-order valence-corrected chi connectivity index (χ2v) is 13.7. The molecule has 1 saturated heterocycles. The topological polar surface area (TPSA) is 100 Å². The maximum atomic E-state index is 12.5. The summed E-state index contributed by atoms with van der Waals surface area (Å²) in [5.74, 6) is 0.439. The summed E-state index contributed by atoms with van der Waals surface area (Å²) in [7, 11) is -3.28. The number of ether oxygens (including phenoxy) is 1. The number of benzene rings is 2. The van der Waals surface area contributed by atoms with Gasteiger partial charge in [-0.05, 0) is 102 Å². The molecule has 3 rings (SSSR count). The molecule has 41 heavy (non-hydrogen) atoms. The summed E-state index contributed by atoms with van der Waals surface area (Å²) in [5, 5.41) is 3.07. The third kappa shape index (κ3) is 12.1. The number of hydrogen-bond donors (Lipinski definition) is 2. The van der Waals surface area contributed by atoms with Crippen LogP contribution in [0.15, 0.2) is 71.9 Å². The molecule has 1 heterocycles. The largest absolute Gasteiger partial charge is 0.444 e. The van der Waals surface area contributed by atoms with Crippen LogP contribution in [0.3, 0.4) is 0 Å². The van der Waals surface area contributed by atoms with Crippen molar-refractivity contribution in [3.63, 3.8) is 0 Å². The van der Waals surface area contributed by atoms with Crippen molar-refractivity contribution in [3.05, 3.63) is 78.0 Å². The summed E-state index contributed by atoms with van der Waals surface area (Å²) in [4.78, 5) is 19.8. The predicted octanol–water partition coefficient (Wildman–Crippen LogP) is 6.33. The Balaban J connectivity index is 1.45. The van der Waals surface area contributed by atoms with Gasteiger partial charge in [0.15, 0.2) is 0 Å². The zero-order valence-electron chi connectivity index (χ0n) is 25.2. The monoisotopic (exact) mass is 582 g/mol. The van der Waals surface area contributed by atoms with Crippen LogP contribution in [-0.4, -0.2) is 56.6 Å². The summed E-state index contributed by atoms with van der Waals surface area (Å²) in [6.45, 7) is 14.8. The summed E-state index contributed by atoms with van der Waals surface area (Å²) >= 11 is 0. The van der Waals surface area contributed by atoms with Gasteiger partial charge in [0, 0.05) is 23.6 Å². The minimum absolute atomic E-state index is 0.109. The van der Waals surface area contributed by atoms with Gasteiger partial charge in [0.2, 0.25) is 10.0 Å². The van der Waals surface area contributed by atoms with Gasteiger partial charge in [-0.3, -0.25) is 9.71 Å². The molecule has 2 aromatic rings. The van der Waals surface area contributed by atoms with E-state index in [-0.39, 0.29) is 6.04 Å². The van der Waals surface area contributed by atoms with Crippen LogP contribution in [-0.2, 0) is 21.2 Å². The first-order chi connectivity index (χ1) is 19.3. The van der Waals surface area contributed by atoms with Crippen LogP contribution in [0.5, 0.6) is 0 Å². The Bertz CT molecular complexity index is 1280. The van der Waals surface area contributed by atoms with Crippen LogP contribution in [0.1, 0.15) is 70.5 Å². The van der Waals surface area contributed by atoms with E-state index in [9.17, 15) is 13.2 Å². The van der Waals surface area contributed by atoms with E-state index in [1.807, 2.05) is 63.2 Å². The zero-order valence-corrected chi connectivity index (χ0v) is 26.0. The minimum atomic E-state index is -3.28. The van der Waals surface area contributed by atoms with E-state index in [0.29, 0.717) is 11.6 Å². The number of amides is 1. The number of piperidine rings is 1. The molecule has 0 spiro atoms. The normalized spacial score (nSPS) is 16.2. The van der Waals surface area contributed by atoms with Crippen molar-refractivity contribution in [3.8, 4) is 0 Å². The fourth-order valence-electron chi connectivity index (χ4n) is 4.98. The molecule has 1 amide bonds. The number of likely N-dealkylation sites (tertiary alicyclic amines) is 1. The molecule has 0 saturated carbocycles. The number of allylic oxidation sites excluding steroid dienone is 1. The molecule has 0 aliphatic carbocycles. The molecular formula is C32H46N4O4S. The van der Waals surface area contributed by atoms with Crippen LogP contribution in [0.2, 0.25) is 0 Å². The molecule has 1 aliphatic heterocycles. The molecule has 1 atom stereocenters. The molecule has 0 aromatic heterocycles. The van der Waals surface area contributed by atoms with Crippen molar-refractivity contribution in [1.29, 1.82) is 0 Å². The van der Waals surface area contributed by atoms with Crippen molar-refractivity contribution in [2.75, 3.05) is 30.6 Å². The highest BCUT2D eigenvalue weighted by Crippen LogP contribution is 2.24. The molecular weight excluding hydrogens is 536 g/mol. The van der Waals surface area contributed by atoms with E-state index in [2.05, 4.69) is 28.4 Å². The fraction of sp³-hybridized carbons (Fsp3) is 0.500. The number of nitrogens with one attached hydrogen (secondary N) is 2. The van der Waals surface area contributed by atoms with Gasteiger partial charge in [0.05, 0.1) is 12.3 Å². The van der Waals surface area contributed by atoms with Gasteiger partial charge in [-0.2, -0.15) is 0 Å². The number of rotatable bonds is 12. The average Bonchev–Trinajstić information content (AvgIpc) is 2.89.